The average molecular weight is 305 g/mol. The lowest BCUT2D eigenvalue weighted by atomic mass is 10.0. The number of nitrogen functional groups attached to an aromatic ring is 1. The van der Waals surface area contributed by atoms with Crippen LogP contribution in [0.1, 0.15) is 43.7 Å². The molecule has 3 rings (SSSR count). The van der Waals surface area contributed by atoms with Crippen LogP contribution >= 0.6 is 0 Å². The SMILES string of the molecule is Nc1nc(NCCCCN2CCCC2)cc([C@@H]2CCOC2)n1. The van der Waals surface area contributed by atoms with Crippen molar-refractivity contribution >= 4 is 11.8 Å². The van der Waals surface area contributed by atoms with Gasteiger partial charge in [-0.25, -0.2) is 4.98 Å². The van der Waals surface area contributed by atoms with Crippen molar-refractivity contribution in [3.63, 3.8) is 0 Å². The Labute approximate surface area is 132 Å². The summed E-state index contributed by atoms with van der Waals surface area (Å²) in [6.07, 6.45) is 6.14. The second-order valence-electron chi connectivity index (χ2n) is 6.28. The van der Waals surface area contributed by atoms with E-state index >= 15 is 0 Å². The second-order valence-corrected chi connectivity index (χ2v) is 6.28. The van der Waals surface area contributed by atoms with E-state index in [4.69, 9.17) is 10.5 Å². The Morgan fingerprint density at radius 2 is 2.14 bits per heavy atom. The van der Waals surface area contributed by atoms with Gasteiger partial charge in [0.05, 0.1) is 12.3 Å². The Hall–Kier alpha value is -1.40. The lowest BCUT2D eigenvalue weighted by Gasteiger charge is -2.14. The molecule has 1 atom stereocenters. The first-order valence-electron chi connectivity index (χ1n) is 8.50. The minimum absolute atomic E-state index is 0.351. The van der Waals surface area contributed by atoms with Crippen LogP contribution in [0, 0.1) is 0 Å². The van der Waals surface area contributed by atoms with Crippen molar-refractivity contribution in [3.8, 4) is 0 Å². The quantitative estimate of drug-likeness (QED) is 0.749. The first-order chi connectivity index (χ1) is 10.8. The predicted octanol–water partition coefficient (Wildman–Crippen LogP) is 1.85. The summed E-state index contributed by atoms with van der Waals surface area (Å²) in [4.78, 5) is 11.2. The number of rotatable bonds is 7. The first-order valence-corrected chi connectivity index (χ1v) is 8.50. The smallest absolute Gasteiger partial charge is 0.222 e. The molecule has 0 aliphatic carbocycles. The van der Waals surface area contributed by atoms with Crippen LogP contribution in [0.15, 0.2) is 6.07 Å². The summed E-state index contributed by atoms with van der Waals surface area (Å²) in [5.41, 5.74) is 6.83. The second kappa shape index (κ2) is 7.74. The van der Waals surface area contributed by atoms with E-state index in [9.17, 15) is 0 Å². The van der Waals surface area contributed by atoms with Crippen molar-refractivity contribution in [2.45, 2.75) is 38.0 Å². The molecule has 0 radical (unpaired) electrons. The molecule has 0 saturated carbocycles. The monoisotopic (exact) mass is 305 g/mol. The maximum Gasteiger partial charge on any atom is 0.222 e. The molecule has 2 aliphatic heterocycles. The van der Waals surface area contributed by atoms with E-state index in [0.717, 1.165) is 44.1 Å². The molecule has 1 aromatic rings. The van der Waals surface area contributed by atoms with Crippen molar-refractivity contribution in [2.24, 2.45) is 0 Å². The number of hydrogen-bond donors (Lipinski definition) is 2. The molecule has 0 aromatic carbocycles. The number of hydrogen-bond acceptors (Lipinski definition) is 6. The van der Waals surface area contributed by atoms with E-state index in [2.05, 4.69) is 20.2 Å². The van der Waals surface area contributed by atoms with Gasteiger partial charge in [-0.3, -0.25) is 0 Å². The minimum atomic E-state index is 0.351. The van der Waals surface area contributed by atoms with E-state index in [1.165, 1.54) is 38.9 Å². The molecule has 0 unspecified atom stereocenters. The van der Waals surface area contributed by atoms with Gasteiger partial charge in [-0.05, 0) is 51.7 Å². The number of likely N-dealkylation sites (tertiary alicyclic amines) is 1. The molecule has 1 aromatic heterocycles. The van der Waals surface area contributed by atoms with Crippen LogP contribution in [0.4, 0.5) is 11.8 Å². The summed E-state index contributed by atoms with van der Waals surface area (Å²) in [6, 6.07) is 2.02. The van der Waals surface area contributed by atoms with E-state index in [1.54, 1.807) is 0 Å². The summed E-state index contributed by atoms with van der Waals surface area (Å²) in [5.74, 6) is 1.56. The van der Waals surface area contributed by atoms with Gasteiger partial charge in [-0.15, -0.1) is 0 Å². The fraction of sp³-hybridized carbons (Fsp3) is 0.750. The Morgan fingerprint density at radius 1 is 1.27 bits per heavy atom. The zero-order valence-electron chi connectivity index (χ0n) is 13.3. The fourth-order valence-corrected chi connectivity index (χ4v) is 3.24. The molecule has 2 saturated heterocycles. The molecule has 0 bridgehead atoms. The fourth-order valence-electron chi connectivity index (χ4n) is 3.24. The highest BCUT2D eigenvalue weighted by molar-refractivity contribution is 5.41. The number of unbranched alkanes of at least 4 members (excludes halogenated alkanes) is 1. The third-order valence-corrected chi connectivity index (χ3v) is 4.52. The maximum absolute atomic E-state index is 5.83. The molecule has 2 aliphatic rings. The van der Waals surface area contributed by atoms with Crippen LogP contribution in [0.2, 0.25) is 0 Å². The number of nitrogens with zero attached hydrogens (tertiary/aromatic N) is 3. The average Bonchev–Trinajstić information content (AvgIpc) is 3.20. The van der Waals surface area contributed by atoms with Crippen LogP contribution in [0.5, 0.6) is 0 Å². The molecule has 6 nitrogen and oxygen atoms in total. The van der Waals surface area contributed by atoms with E-state index in [0.29, 0.717) is 11.9 Å². The Kier molecular flexibility index (Phi) is 5.45. The number of nitrogens with two attached hydrogens (primary N) is 1. The van der Waals surface area contributed by atoms with Crippen LogP contribution in [-0.4, -0.2) is 54.3 Å². The molecule has 2 fully saturated rings. The lowest BCUT2D eigenvalue weighted by Crippen LogP contribution is -2.21. The van der Waals surface area contributed by atoms with Gasteiger partial charge in [0.2, 0.25) is 5.95 Å². The molecule has 3 N–H and O–H groups in total. The van der Waals surface area contributed by atoms with E-state index < -0.39 is 0 Å². The van der Waals surface area contributed by atoms with Gasteiger partial charge in [-0.2, -0.15) is 4.98 Å². The summed E-state index contributed by atoms with van der Waals surface area (Å²) in [7, 11) is 0. The molecule has 3 heterocycles. The number of nitrogens with one attached hydrogen (secondary N) is 1. The molecule has 6 heteroatoms. The Bertz CT molecular complexity index is 470. The minimum Gasteiger partial charge on any atom is -0.381 e. The normalized spacial score (nSPS) is 22.3. The van der Waals surface area contributed by atoms with Crippen LogP contribution in [-0.2, 0) is 4.74 Å². The Morgan fingerprint density at radius 3 is 2.91 bits per heavy atom. The first kappa shape index (κ1) is 15.5. The van der Waals surface area contributed by atoms with Crippen molar-refractivity contribution in [2.75, 3.05) is 50.4 Å². The molecular weight excluding hydrogens is 278 g/mol. The number of ether oxygens (including phenoxy) is 1. The summed E-state index contributed by atoms with van der Waals surface area (Å²) in [6.45, 7) is 6.27. The van der Waals surface area contributed by atoms with Gasteiger partial charge in [-0.1, -0.05) is 0 Å². The standard InChI is InChI=1S/C16H27N5O/c17-16-19-14(13-5-10-22-12-13)11-15(20-16)18-6-1-2-7-21-8-3-4-9-21/h11,13H,1-10,12H2,(H3,17,18,19,20)/t13-/m1/s1. The largest absolute Gasteiger partial charge is 0.381 e. The van der Waals surface area contributed by atoms with Crippen molar-refractivity contribution in [3.05, 3.63) is 11.8 Å². The van der Waals surface area contributed by atoms with Crippen LogP contribution in [0.25, 0.3) is 0 Å². The van der Waals surface area contributed by atoms with Gasteiger partial charge in [0.15, 0.2) is 0 Å². The van der Waals surface area contributed by atoms with E-state index in [1.807, 2.05) is 6.07 Å². The van der Waals surface area contributed by atoms with Crippen molar-refractivity contribution in [1.82, 2.24) is 14.9 Å². The Balaban J connectivity index is 1.43. The van der Waals surface area contributed by atoms with Gasteiger partial charge >= 0.3 is 0 Å². The van der Waals surface area contributed by atoms with Gasteiger partial charge in [0.25, 0.3) is 0 Å². The summed E-state index contributed by atoms with van der Waals surface area (Å²) >= 11 is 0. The van der Waals surface area contributed by atoms with Gasteiger partial charge in [0, 0.05) is 25.1 Å². The van der Waals surface area contributed by atoms with Crippen LogP contribution < -0.4 is 11.1 Å². The predicted molar refractivity (Wildman–Crippen MR) is 88.0 cm³/mol. The van der Waals surface area contributed by atoms with Gasteiger partial charge in [0.1, 0.15) is 5.82 Å². The van der Waals surface area contributed by atoms with Crippen molar-refractivity contribution < 1.29 is 4.74 Å². The van der Waals surface area contributed by atoms with Crippen LogP contribution in [0.3, 0.4) is 0 Å². The molecule has 0 spiro atoms. The lowest BCUT2D eigenvalue weighted by molar-refractivity contribution is 0.193. The number of anilines is 2. The van der Waals surface area contributed by atoms with E-state index in [-0.39, 0.29) is 0 Å². The highest BCUT2D eigenvalue weighted by Gasteiger charge is 2.20. The van der Waals surface area contributed by atoms with Crippen molar-refractivity contribution in [1.29, 1.82) is 0 Å². The molecular formula is C16H27N5O. The van der Waals surface area contributed by atoms with Gasteiger partial charge < -0.3 is 20.7 Å². The highest BCUT2D eigenvalue weighted by Crippen LogP contribution is 2.25. The molecule has 0 amide bonds. The number of aromatic nitrogens is 2. The molecule has 122 valence electrons. The third-order valence-electron chi connectivity index (χ3n) is 4.52. The summed E-state index contributed by atoms with van der Waals surface area (Å²) < 4.78 is 5.43. The zero-order valence-corrected chi connectivity index (χ0v) is 13.3. The molecule has 22 heavy (non-hydrogen) atoms. The topological polar surface area (TPSA) is 76.3 Å². The summed E-state index contributed by atoms with van der Waals surface area (Å²) in [5, 5.41) is 3.38. The maximum atomic E-state index is 5.83. The third kappa shape index (κ3) is 4.30. The zero-order chi connectivity index (χ0) is 15.2. The highest BCUT2D eigenvalue weighted by atomic mass is 16.5.